The van der Waals surface area contributed by atoms with Gasteiger partial charge in [0.2, 0.25) is 0 Å². The van der Waals surface area contributed by atoms with Crippen molar-refractivity contribution in [3.8, 4) is 0 Å². The lowest BCUT2D eigenvalue weighted by Gasteiger charge is -2.05. The van der Waals surface area contributed by atoms with E-state index in [0.717, 1.165) is 0 Å². The fourth-order valence-electron chi connectivity index (χ4n) is 0.750. The van der Waals surface area contributed by atoms with Gasteiger partial charge in [0.1, 0.15) is 0 Å². The summed E-state index contributed by atoms with van der Waals surface area (Å²) in [4.78, 5) is 14.3. The van der Waals surface area contributed by atoms with Crippen LogP contribution in [0.15, 0.2) is 0 Å². The molecule has 0 unspecified atom stereocenters. The molecule has 1 fully saturated rings. The number of rotatable bonds is 3. The standard InChI is InChI=1S/C6H14.C4H8.2H3N.H3O3P/c1-3-5-6-4-2;1-2-4-3-1;;;1-4(2)3/h3-6H2,1-2H3;1-4H2;2*1H3;4H,(H2,1,2,3). The third-order valence-electron chi connectivity index (χ3n) is 1.96. The summed E-state index contributed by atoms with van der Waals surface area (Å²) >= 11 is 0. The smallest absolute Gasteiger partial charge is 0.314 e. The van der Waals surface area contributed by atoms with Gasteiger partial charge >= 0.3 is 8.25 Å². The van der Waals surface area contributed by atoms with E-state index in [-0.39, 0.29) is 12.3 Å². The Labute approximate surface area is 101 Å². The maximum absolute atomic E-state index is 8.74. The van der Waals surface area contributed by atoms with E-state index in [9.17, 15) is 0 Å². The molecule has 0 atom stereocenters. The minimum absolute atomic E-state index is 0. The zero-order valence-corrected chi connectivity index (χ0v) is 11.9. The maximum atomic E-state index is 8.74. The summed E-state index contributed by atoms with van der Waals surface area (Å²) in [6, 6.07) is 0. The van der Waals surface area contributed by atoms with Crippen molar-refractivity contribution < 1.29 is 14.4 Å². The first-order chi connectivity index (χ1) is 6.65. The Morgan fingerprint density at radius 3 is 1.12 bits per heavy atom. The van der Waals surface area contributed by atoms with E-state index in [1.807, 2.05) is 0 Å². The molecule has 0 spiro atoms. The Hall–Kier alpha value is 0.0700. The first-order valence-electron chi connectivity index (χ1n) is 5.57. The highest BCUT2D eigenvalue weighted by molar-refractivity contribution is 7.30. The number of unbranched alkanes of at least 4 members (excludes halogenated alkanes) is 3. The Bertz CT molecular complexity index is 111. The highest BCUT2D eigenvalue weighted by Gasteiger charge is 1.95. The van der Waals surface area contributed by atoms with Gasteiger partial charge in [0.25, 0.3) is 0 Å². The largest absolute Gasteiger partial charge is 0.344 e. The molecule has 0 heterocycles. The van der Waals surface area contributed by atoms with E-state index in [1.165, 1.54) is 51.4 Å². The number of hydrogen-bond acceptors (Lipinski definition) is 3. The van der Waals surface area contributed by atoms with E-state index in [4.69, 9.17) is 14.4 Å². The van der Waals surface area contributed by atoms with Crippen molar-refractivity contribution in [1.29, 1.82) is 0 Å². The Balaban J connectivity index is -0.0000000650. The van der Waals surface area contributed by atoms with Crippen LogP contribution in [0.5, 0.6) is 0 Å². The van der Waals surface area contributed by atoms with Crippen LogP contribution in [0, 0.1) is 0 Å². The lowest BCUT2D eigenvalue weighted by Crippen LogP contribution is -1.85. The molecule has 16 heavy (non-hydrogen) atoms. The van der Waals surface area contributed by atoms with Crippen LogP contribution in [0.3, 0.4) is 0 Å². The average molecular weight is 258 g/mol. The van der Waals surface area contributed by atoms with Gasteiger partial charge in [0.05, 0.1) is 0 Å². The Kier molecular flexibility index (Phi) is 38.1. The van der Waals surface area contributed by atoms with Crippen LogP contribution in [0.1, 0.15) is 65.2 Å². The predicted octanol–water partition coefficient (Wildman–Crippen LogP) is 3.83. The van der Waals surface area contributed by atoms with Crippen molar-refractivity contribution in [3.63, 3.8) is 0 Å². The molecule has 0 aromatic carbocycles. The first-order valence-corrected chi connectivity index (χ1v) is 6.87. The molecule has 0 saturated heterocycles. The van der Waals surface area contributed by atoms with Crippen molar-refractivity contribution in [2.75, 3.05) is 0 Å². The summed E-state index contributed by atoms with van der Waals surface area (Å²) in [5, 5.41) is 0. The SMILES string of the molecule is C1CCC1.CCCCCC.N.N.O=[PH](O)O. The normalized spacial score (nSPS) is 11.6. The van der Waals surface area contributed by atoms with Crippen molar-refractivity contribution >= 4 is 8.25 Å². The minimum Gasteiger partial charge on any atom is -0.344 e. The van der Waals surface area contributed by atoms with Gasteiger partial charge in [-0.3, -0.25) is 4.57 Å². The highest BCUT2D eigenvalue weighted by Crippen LogP contribution is 2.15. The maximum Gasteiger partial charge on any atom is 0.314 e. The van der Waals surface area contributed by atoms with Gasteiger partial charge in [-0.2, -0.15) is 0 Å². The van der Waals surface area contributed by atoms with Crippen molar-refractivity contribution in [2.24, 2.45) is 0 Å². The van der Waals surface area contributed by atoms with Crippen LogP contribution in [-0.4, -0.2) is 9.79 Å². The van der Waals surface area contributed by atoms with Gasteiger partial charge in [0, 0.05) is 0 Å². The summed E-state index contributed by atoms with van der Waals surface area (Å²) < 4.78 is 8.74. The molecule has 1 aliphatic rings. The van der Waals surface area contributed by atoms with Crippen LogP contribution in [-0.2, 0) is 4.57 Å². The van der Waals surface area contributed by atoms with Crippen LogP contribution in [0.4, 0.5) is 0 Å². The molecule has 0 radical (unpaired) electrons. The van der Waals surface area contributed by atoms with E-state index in [2.05, 4.69) is 13.8 Å². The van der Waals surface area contributed by atoms with Gasteiger partial charge in [-0.15, -0.1) is 0 Å². The molecule has 1 aliphatic carbocycles. The second-order valence-electron chi connectivity index (χ2n) is 3.40. The zero-order valence-electron chi connectivity index (χ0n) is 10.9. The monoisotopic (exact) mass is 258 g/mol. The summed E-state index contributed by atoms with van der Waals surface area (Å²) in [6.07, 6.45) is 11.5. The summed E-state index contributed by atoms with van der Waals surface area (Å²) in [6.45, 7) is 4.46. The van der Waals surface area contributed by atoms with Gasteiger partial charge < -0.3 is 22.1 Å². The van der Waals surface area contributed by atoms with E-state index in [0.29, 0.717) is 0 Å². The molecule has 6 heteroatoms. The molecule has 0 aliphatic heterocycles. The van der Waals surface area contributed by atoms with Gasteiger partial charge in [-0.05, 0) is 0 Å². The van der Waals surface area contributed by atoms with E-state index < -0.39 is 8.25 Å². The van der Waals surface area contributed by atoms with Gasteiger partial charge in [0.15, 0.2) is 0 Å². The Morgan fingerprint density at radius 1 is 0.875 bits per heavy atom. The third-order valence-corrected chi connectivity index (χ3v) is 1.96. The molecule has 0 aromatic heterocycles. The van der Waals surface area contributed by atoms with Gasteiger partial charge in [-0.25, -0.2) is 0 Å². The topological polar surface area (TPSA) is 128 Å². The molecule has 1 saturated carbocycles. The molecule has 8 N–H and O–H groups in total. The van der Waals surface area contributed by atoms with Crippen molar-refractivity contribution in [3.05, 3.63) is 0 Å². The van der Waals surface area contributed by atoms with Crippen molar-refractivity contribution in [1.82, 2.24) is 12.3 Å². The fraction of sp³-hybridized carbons (Fsp3) is 1.00. The first kappa shape index (κ1) is 25.1. The molecule has 0 bridgehead atoms. The third kappa shape index (κ3) is 48.1. The predicted molar refractivity (Wildman–Crippen MR) is 71.8 cm³/mol. The molecule has 0 amide bonds. The highest BCUT2D eigenvalue weighted by atomic mass is 31.1. The van der Waals surface area contributed by atoms with Crippen LogP contribution >= 0.6 is 8.25 Å². The van der Waals surface area contributed by atoms with E-state index in [1.54, 1.807) is 0 Å². The molecular formula is C10H31N2O3P. The molecule has 1 rings (SSSR count). The lowest BCUT2D eigenvalue weighted by atomic mass is 10.0. The van der Waals surface area contributed by atoms with Crippen LogP contribution in [0.25, 0.3) is 0 Å². The van der Waals surface area contributed by atoms with Crippen molar-refractivity contribution in [2.45, 2.75) is 65.2 Å². The van der Waals surface area contributed by atoms with Crippen LogP contribution in [0.2, 0.25) is 0 Å². The second-order valence-corrected chi connectivity index (χ2v) is 3.97. The average Bonchev–Trinajstić information content (AvgIpc) is 1.96. The van der Waals surface area contributed by atoms with Gasteiger partial charge in [-0.1, -0.05) is 65.2 Å². The fourth-order valence-corrected chi connectivity index (χ4v) is 0.750. The lowest BCUT2D eigenvalue weighted by molar-refractivity contribution is 0.405. The minimum atomic E-state index is -3.13. The van der Waals surface area contributed by atoms with E-state index >= 15 is 0 Å². The Morgan fingerprint density at radius 2 is 1.06 bits per heavy atom. The number of hydrogen-bond donors (Lipinski definition) is 4. The second kappa shape index (κ2) is 24.3. The summed E-state index contributed by atoms with van der Waals surface area (Å²) in [5.74, 6) is 0. The zero-order chi connectivity index (χ0) is 11.2. The molecular weight excluding hydrogens is 227 g/mol. The summed E-state index contributed by atoms with van der Waals surface area (Å²) in [7, 11) is -3.13. The quantitative estimate of drug-likeness (QED) is 0.451. The van der Waals surface area contributed by atoms with Crippen LogP contribution < -0.4 is 12.3 Å². The molecule has 5 nitrogen and oxygen atoms in total. The molecule has 104 valence electrons. The summed E-state index contributed by atoms with van der Waals surface area (Å²) in [5.41, 5.74) is 0. The molecule has 0 aromatic rings.